The summed E-state index contributed by atoms with van der Waals surface area (Å²) in [7, 11) is -3.46. The Morgan fingerprint density at radius 3 is 2.33 bits per heavy atom. The Balaban J connectivity index is 1.78. The smallest absolute Gasteiger partial charge is 0.314 e. The van der Waals surface area contributed by atoms with Gasteiger partial charge in [0, 0.05) is 18.9 Å². The molecular formula is C17H17F3N6O3S. The number of nitrogens with one attached hydrogen (secondary N) is 2. The van der Waals surface area contributed by atoms with Gasteiger partial charge in [0.15, 0.2) is 0 Å². The van der Waals surface area contributed by atoms with Crippen molar-refractivity contribution in [3.8, 4) is 11.5 Å². The van der Waals surface area contributed by atoms with Crippen molar-refractivity contribution in [2.24, 2.45) is 0 Å². The van der Waals surface area contributed by atoms with Gasteiger partial charge in [-0.25, -0.2) is 27.5 Å². The predicted molar refractivity (Wildman–Crippen MR) is 101 cm³/mol. The van der Waals surface area contributed by atoms with Gasteiger partial charge in [0.25, 0.3) is 11.8 Å². The predicted octanol–water partition coefficient (Wildman–Crippen LogP) is 2.70. The van der Waals surface area contributed by atoms with E-state index in [-0.39, 0.29) is 29.7 Å². The molecule has 0 spiro atoms. The Morgan fingerprint density at radius 1 is 1.10 bits per heavy atom. The molecule has 0 fully saturated rings. The summed E-state index contributed by atoms with van der Waals surface area (Å²) in [6.45, 7) is 1.47. The second-order valence-electron chi connectivity index (χ2n) is 6.04. The maximum Gasteiger partial charge on any atom is 0.314 e. The van der Waals surface area contributed by atoms with Gasteiger partial charge in [0.2, 0.25) is 16.0 Å². The first kappa shape index (κ1) is 21.6. The monoisotopic (exact) mass is 442 g/mol. The highest BCUT2D eigenvalue weighted by atomic mass is 32.2. The van der Waals surface area contributed by atoms with Crippen molar-refractivity contribution in [2.75, 3.05) is 17.6 Å². The lowest BCUT2D eigenvalue weighted by molar-refractivity contribution is 0.116. The van der Waals surface area contributed by atoms with E-state index < -0.39 is 34.2 Å². The molecule has 2 N–H and O–H groups in total. The van der Waals surface area contributed by atoms with Gasteiger partial charge in [0.1, 0.15) is 5.82 Å². The number of anilines is 1. The van der Waals surface area contributed by atoms with Crippen LogP contribution in [0.2, 0.25) is 0 Å². The molecule has 0 bridgehead atoms. The molecule has 3 aromatic rings. The largest absolute Gasteiger partial charge is 0.415 e. The fourth-order valence-electron chi connectivity index (χ4n) is 2.37. The van der Waals surface area contributed by atoms with Gasteiger partial charge in [-0.3, -0.25) is 0 Å². The average molecular weight is 442 g/mol. The number of rotatable bonds is 9. The summed E-state index contributed by atoms with van der Waals surface area (Å²) < 4.78 is 69.2. The molecule has 2 aromatic heterocycles. The number of sulfonamides is 1. The number of benzene rings is 1. The van der Waals surface area contributed by atoms with Crippen molar-refractivity contribution in [3.63, 3.8) is 0 Å². The summed E-state index contributed by atoms with van der Waals surface area (Å²) >= 11 is 0. The fourth-order valence-corrected chi connectivity index (χ4v) is 2.99. The highest BCUT2D eigenvalue weighted by molar-refractivity contribution is 7.89. The maximum atomic E-state index is 13.2. The fraction of sp³-hybridized carbons (Fsp3) is 0.294. The Morgan fingerprint density at radius 2 is 1.77 bits per heavy atom. The van der Waals surface area contributed by atoms with Gasteiger partial charge in [0.05, 0.1) is 17.4 Å². The first-order valence-corrected chi connectivity index (χ1v) is 10.4. The Kier molecular flexibility index (Phi) is 6.62. The number of alkyl halides is 2. The molecule has 2 heterocycles. The highest BCUT2D eigenvalue weighted by Gasteiger charge is 2.19. The van der Waals surface area contributed by atoms with Gasteiger partial charge in [-0.2, -0.15) is 8.78 Å². The van der Waals surface area contributed by atoms with Gasteiger partial charge in [-0.1, -0.05) is 12.1 Å². The summed E-state index contributed by atoms with van der Waals surface area (Å²) in [6, 6.07) is 4.90. The first-order chi connectivity index (χ1) is 14.3. The molecule has 9 nitrogen and oxygen atoms in total. The van der Waals surface area contributed by atoms with E-state index in [0.717, 1.165) is 0 Å². The molecule has 1 unspecified atom stereocenters. The standard InChI is InChI=1S/C17H17F3N6O3S/c1-2-30(27,28)23-9-13(10-3-5-12(18)6-4-10)24-17-21-7-11(8-22-17)15-25-26-16(29-15)14(19)20/h3-8,13-14,23H,2,9H2,1H3,(H,21,22,24). The van der Waals surface area contributed by atoms with Crippen molar-refractivity contribution in [3.05, 3.63) is 53.9 Å². The van der Waals surface area contributed by atoms with Crippen LogP contribution in [-0.2, 0) is 10.0 Å². The molecule has 13 heteroatoms. The van der Waals surface area contributed by atoms with E-state index in [2.05, 4.69) is 30.2 Å². The van der Waals surface area contributed by atoms with Gasteiger partial charge >= 0.3 is 6.43 Å². The summed E-state index contributed by atoms with van der Waals surface area (Å²) in [5, 5.41) is 9.70. The Bertz CT molecular complexity index is 1070. The second-order valence-corrected chi connectivity index (χ2v) is 8.14. The molecule has 0 amide bonds. The second kappa shape index (κ2) is 9.17. The van der Waals surface area contributed by atoms with E-state index in [9.17, 15) is 21.6 Å². The lowest BCUT2D eigenvalue weighted by atomic mass is 10.1. The molecule has 0 radical (unpaired) electrons. The highest BCUT2D eigenvalue weighted by Crippen LogP contribution is 2.23. The van der Waals surface area contributed by atoms with E-state index in [1.165, 1.54) is 43.6 Å². The van der Waals surface area contributed by atoms with Gasteiger partial charge in [-0.15, -0.1) is 10.2 Å². The number of hydrogen-bond donors (Lipinski definition) is 2. The molecule has 1 atom stereocenters. The minimum atomic E-state index is -3.46. The van der Waals surface area contributed by atoms with E-state index in [1.807, 2.05) is 0 Å². The number of aromatic nitrogens is 4. The van der Waals surface area contributed by atoms with Crippen molar-refractivity contribution < 1.29 is 26.0 Å². The number of nitrogens with zero attached hydrogens (tertiary/aromatic N) is 4. The third kappa shape index (κ3) is 5.51. The van der Waals surface area contributed by atoms with Crippen LogP contribution in [0.3, 0.4) is 0 Å². The average Bonchev–Trinajstić information content (AvgIpc) is 3.23. The topological polar surface area (TPSA) is 123 Å². The van der Waals surface area contributed by atoms with Crippen LogP contribution in [0.1, 0.15) is 30.8 Å². The molecule has 0 saturated heterocycles. The molecule has 1 aromatic carbocycles. The molecule has 3 rings (SSSR count). The van der Waals surface area contributed by atoms with Crippen molar-refractivity contribution in [1.82, 2.24) is 24.9 Å². The van der Waals surface area contributed by atoms with Gasteiger partial charge < -0.3 is 9.73 Å². The van der Waals surface area contributed by atoms with Crippen LogP contribution in [0.25, 0.3) is 11.5 Å². The third-order valence-corrected chi connectivity index (χ3v) is 5.36. The number of hydrogen-bond acceptors (Lipinski definition) is 8. The molecule has 30 heavy (non-hydrogen) atoms. The lowest BCUT2D eigenvalue weighted by Crippen LogP contribution is -2.32. The summed E-state index contributed by atoms with van der Waals surface area (Å²) in [5.74, 6) is -1.39. The van der Waals surface area contributed by atoms with E-state index in [0.29, 0.717) is 5.56 Å². The van der Waals surface area contributed by atoms with Crippen LogP contribution < -0.4 is 10.0 Å². The SMILES string of the molecule is CCS(=O)(=O)NCC(Nc1ncc(-c2nnc(C(F)F)o2)cn1)c1ccc(F)cc1. The zero-order valence-corrected chi connectivity index (χ0v) is 16.4. The quantitative estimate of drug-likeness (QED) is 0.519. The van der Waals surface area contributed by atoms with Crippen LogP contribution in [0.15, 0.2) is 41.1 Å². The minimum Gasteiger partial charge on any atom is -0.415 e. The van der Waals surface area contributed by atoms with Crippen LogP contribution >= 0.6 is 0 Å². The van der Waals surface area contributed by atoms with Crippen molar-refractivity contribution >= 4 is 16.0 Å². The van der Waals surface area contributed by atoms with Gasteiger partial charge in [-0.05, 0) is 24.6 Å². The molecule has 160 valence electrons. The third-order valence-electron chi connectivity index (χ3n) is 3.99. The van der Waals surface area contributed by atoms with Crippen LogP contribution in [0, 0.1) is 5.82 Å². The molecule has 0 aliphatic heterocycles. The van der Waals surface area contributed by atoms with Crippen molar-refractivity contribution in [1.29, 1.82) is 0 Å². The maximum absolute atomic E-state index is 13.2. The summed E-state index contributed by atoms with van der Waals surface area (Å²) in [4.78, 5) is 8.14. The van der Waals surface area contributed by atoms with Crippen LogP contribution in [0.4, 0.5) is 19.1 Å². The normalized spacial score (nSPS) is 12.8. The molecule has 0 aliphatic rings. The van der Waals surface area contributed by atoms with Crippen molar-refractivity contribution in [2.45, 2.75) is 19.4 Å². The van der Waals surface area contributed by atoms with E-state index in [1.54, 1.807) is 0 Å². The first-order valence-electron chi connectivity index (χ1n) is 8.70. The van der Waals surface area contributed by atoms with E-state index >= 15 is 0 Å². The molecule has 0 aliphatic carbocycles. The zero-order chi connectivity index (χ0) is 21.7. The Labute approximate surface area is 169 Å². The lowest BCUT2D eigenvalue weighted by Gasteiger charge is -2.19. The summed E-state index contributed by atoms with van der Waals surface area (Å²) in [5.41, 5.74) is 0.825. The summed E-state index contributed by atoms with van der Waals surface area (Å²) in [6.07, 6.45) is -0.317. The van der Waals surface area contributed by atoms with Crippen LogP contribution in [0.5, 0.6) is 0 Å². The number of halogens is 3. The minimum absolute atomic E-state index is 0.0334. The van der Waals surface area contributed by atoms with E-state index in [4.69, 9.17) is 4.42 Å². The zero-order valence-electron chi connectivity index (χ0n) is 15.6. The molecule has 0 saturated carbocycles. The van der Waals surface area contributed by atoms with Crippen LogP contribution in [-0.4, -0.2) is 40.9 Å². The Hall–Kier alpha value is -3.06. The molecular weight excluding hydrogens is 425 g/mol.